The van der Waals surface area contributed by atoms with Gasteiger partial charge >= 0.3 is 0 Å². The van der Waals surface area contributed by atoms with Gasteiger partial charge in [-0.25, -0.2) is 14.4 Å². The fourth-order valence-corrected chi connectivity index (χ4v) is 3.46. The van der Waals surface area contributed by atoms with Crippen LogP contribution in [0.3, 0.4) is 0 Å². The SMILES string of the molecule is CCNC(=NCc1scnc1C)NCC1(c2cccc(F)c2)CC1.I. The molecule has 1 aromatic heterocycles. The normalized spacial score (nSPS) is 15.4. The molecular weight excluding hydrogens is 450 g/mol. The molecule has 4 nitrogen and oxygen atoms in total. The first kappa shape index (κ1) is 20.1. The largest absolute Gasteiger partial charge is 0.357 e. The number of halogens is 2. The molecule has 2 N–H and O–H groups in total. The van der Waals surface area contributed by atoms with Crippen LogP contribution in [0.4, 0.5) is 4.39 Å². The number of hydrogen-bond acceptors (Lipinski definition) is 3. The van der Waals surface area contributed by atoms with Crippen molar-refractivity contribution in [3.05, 3.63) is 51.7 Å². The molecule has 0 spiro atoms. The summed E-state index contributed by atoms with van der Waals surface area (Å²) in [6, 6.07) is 6.95. The summed E-state index contributed by atoms with van der Waals surface area (Å²) in [7, 11) is 0. The van der Waals surface area contributed by atoms with Crippen LogP contribution in [0.25, 0.3) is 0 Å². The van der Waals surface area contributed by atoms with Gasteiger partial charge in [-0.1, -0.05) is 12.1 Å². The van der Waals surface area contributed by atoms with Gasteiger partial charge in [0.1, 0.15) is 5.82 Å². The van der Waals surface area contributed by atoms with Crippen LogP contribution in [0.2, 0.25) is 0 Å². The molecule has 1 aliphatic rings. The third-order valence-electron chi connectivity index (χ3n) is 4.45. The Bertz CT molecular complexity index is 727. The molecule has 0 saturated heterocycles. The van der Waals surface area contributed by atoms with E-state index in [4.69, 9.17) is 0 Å². The number of aryl methyl sites for hydroxylation is 1. The van der Waals surface area contributed by atoms with Crippen molar-refractivity contribution in [2.75, 3.05) is 13.1 Å². The summed E-state index contributed by atoms with van der Waals surface area (Å²) in [6.07, 6.45) is 2.16. The maximum atomic E-state index is 13.5. The van der Waals surface area contributed by atoms with Crippen LogP contribution in [0.5, 0.6) is 0 Å². The third-order valence-corrected chi connectivity index (χ3v) is 5.37. The summed E-state index contributed by atoms with van der Waals surface area (Å²) >= 11 is 1.63. The molecule has 0 atom stereocenters. The summed E-state index contributed by atoms with van der Waals surface area (Å²) in [4.78, 5) is 10.1. The number of rotatable bonds is 6. The first-order valence-corrected chi connectivity index (χ1v) is 9.18. The Morgan fingerprint density at radius 2 is 2.16 bits per heavy atom. The van der Waals surface area contributed by atoms with E-state index in [0.717, 1.165) is 43.1 Å². The van der Waals surface area contributed by atoms with Gasteiger partial charge in [0.25, 0.3) is 0 Å². The van der Waals surface area contributed by atoms with Crippen molar-refractivity contribution in [3.8, 4) is 0 Å². The van der Waals surface area contributed by atoms with Crippen LogP contribution in [0.15, 0.2) is 34.8 Å². The Morgan fingerprint density at radius 3 is 2.76 bits per heavy atom. The molecule has 7 heteroatoms. The molecule has 25 heavy (non-hydrogen) atoms. The average molecular weight is 474 g/mol. The Labute approximate surface area is 169 Å². The van der Waals surface area contributed by atoms with Gasteiger partial charge in [0.15, 0.2) is 5.96 Å². The van der Waals surface area contributed by atoms with E-state index < -0.39 is 0 Å². The van der Waals surface area contributed by atoms with E-state index in [1.165, 1.54) is 10.9 Å². The second kappa shape index (κ2) is 8.93. The van der Waals surface area contributed by atoms with Gasteiger partial charge in [-0.2, -0.15) is 0 Å². The molecule has 0 unspecified atom stereocenters. The highest BCUT2D eigenvalue weighted by Gasteiger charge is 2.44. The van der Waals surface area contributed by atoms with E-state index in [2.05, 4.69) is 27.5 Å². The van der Waals surface area contributed by atoms with Crippen molar-refractivity contribution in [3.63, 3.8) is 0 Å². The van der Waals surface area contributed by atoms with Gasteiger partial charge < -0.3 is 10.6 Å². The van der Waals surface area contributed by atoms with Gasteiger partial charge in [-0.15, -0.1) is 35.3 Å². The van der Waals surface area contributed by atoms with Gasteiger partial charge in [-0.05, 0) is 44.4 Å². The second-order valence-corrected chi connectivity index (χ2v) is 7.14. The molecule has 3 rings (SSSR count). The number of thiazole rings is 1. The molecule has 0 bridgehead atoms. The molecule has 1 heterocycles. The standard InChI is InChI=1S/C18H23FN4S.HI/c1-3-20-17(21-10-16-13(2)23-12-24-16)22-11-18(7-8-18)14-5-4-6-15(19)9-14;/h4-6,9,12H,3,7-8,10-11H2,1-2H3,(H2,20,21,22);1H. The zero-order valence-corrected chi connectivity index (χ0v) is 17.7. The monoisotopic (exact) mass is 474 g/mol. The Morgan fingerprint density at radius 1 is 1.36 bits per heavy atom. The Kier molecular flexibility index (Phi) is 7.18. The minimum Gasteiger partial charge on any atom is -0.357 e. The first-order valence-electron chi connectivity index (χ1n) is 8.30. The highest BCUT2D eigenvalue weighted by molar-refractivity contribution is 14.0. The minimum absolute atomic E-state index is 0. The molecule has 1 aliphatic carbocycles. The summed E-state index contributed by atoms with van der Waals surface area (Å²) in [6.45, 7) is 6.25. The molecule has 0 radical (unpaired) electrons. The molecule has 1 saturated carbocycles. The molecule has 2 aromatic rings. The highest BCUT2D eigenvalue weighted by atomic mass is 127. The number of aromatic nitrogens is 1. The summed E-state index contributed by atoms with van der Waals surface area (Å²) in [5.74, 6) is 0.632. The fourth-order valence-electron chi connectivity index (χ4n) is 2.76. The average Bonchev–Trinajstić information content (AvgIpc) is 3.26. The van der Waals surface area contributed by atoms with Gasteiger partial charge in [0, 0.05) is 23.4 Å². The van der Waals surface area contributed by atoms with E-state index in [1.54, 1.807) is 23.5 Å². The first-order chi connectivity index (χ1) is 11.6. The number of guanidine groups is 1. The topological polar surface area (TPSA) is 49.3 Å². The lowest BCUT2D eigenvalue weighted by Crippen LogP contribution is -2.41. The maximum absolute atomic E-state index is 13.5. The summed E-state index contributed by atoms with van der Waals surface area (Å²) in [5, 5.41) is 6.70. The van der Waals surface area contributed by atoms with Crippen LogP contribution in [-0.2, 0) is 12.0 Å². The predicted octanol–water partition coefficient (Wildman–Crippen LogP) is 4.00. The van der Waals surface area contributed by atoms with E-state index >= 15 is 0 Å². The van der Waals surface area contributed by atoms with Crippen LogP contribution < -0.4 is 10.6 Å². The third kappa shape index (κ3) is 5.13. The molecule has 0 amide bonds. The van der Waals surface area contributed by atoms with Crippen molar-refractivity contribution in [2.45, 2.75) is 38.6 Å². The lowest BCUT2D eigenvalue weighted by molar-refractivity contribution is 0.607. The van der Waals surface area contributed by atoms with Gasteiger partial charge in [-0.3, -0.25) is 0 Å². The number of hydrogen-bond donors (Lipinski definition) is 2. The molecule has 0 aliphatic heterocycles. The molecule has 136 valence electrons. The zero-order valence-electron chi connectivity index (χ0n) is 14.5. The van der Waals surface area contributed by atoms with Crippen molar-refractivity contribution in [2.24, 2.45) is 4.99 Å². The predicted molar refractivity (Wildman–Crippen MR) is 112 cm³/mol. The molecular formula is C18H24FIN4S. The van der Waals surface area contributed by atoms with Crippen molar-refractivity contribution >= 4 is 41.3 Å². The van der Waals surface area contributed by atoms with Crippen LogP contribution in [-0.4, -0.2) is 24.0 Å². The number of aliphatic imine (C=N–C) groups is 1. The fraction of sp³-hybridized carbons (Fsp3) is 0.444. The van der Waals surface area contributed by atoms with Crippen molar-refractivity contribution < 1.29 is 4.39 Å². The summed E-state index contributed by atoms with van der Waals surface area (Å²) < 4.78 is 13.5. The lowest BCUT2D eigenvalue weighted by Gasteiger charge is -2.19. The summed E-state index contributed by atoms with van der Waals surface area (Å²) in [5.41, 5.74) is 4.00. The minimum atomic E-state index is -0.167. The lowest BCUT2D eigenvalue weighted by atomic mass is 9.96. The Hall–Kier alpha value is -1.22. The van der Waals surface area contributed by atoms with E-state index in [9.17, 15) is 4.39 Å². The second-order valence-electron chi connectivity index (χ2n) is 6.20. The van der Waals surface area contributed by atoms with E-state index in [0.29, 0.717) is 6.54 Å². The smallest absolute Gasteiger partial charge is 0.191 e. The van der Waals surface area contributed by atoms with Gasteiger partial charge in [0.2, 0.25) is 0 Å². The van der Waals surface area contributed by atoms with E-state index in [1.807, 2.05) is 18.5 Å². The molecule has 1 fully saturated rings. The van der Waals surface area contributed by atoms with Crippen LogP contribution in [0, 0.1) is 12.7 Å². The van der Waals surface area contributed by atoms with Gasteiger partial charge in [0.05, 0.1) is 17.7 Å². The van der Waals surface area contributed by atoms with E-state index in [-0.39, 0.29) is 35.2 Å². The zero-order chi connectivity index (χ0) is 17.0. The number of nitrogens with zero attached hydrogens (tertiary/aromatic N) is 2. The van der Waals surface area contributed by atoms with Crippen molar-refractivity contribution in [1.29, 1.82) is 0 Å². The quantitative estimate of drug-likeness (QED) is 0.378. The Balaban J connectivity index is 0.00000225. The number of benzene rings is 1. The number of nitrogens with one attached hydrogen (secondary N) is 2. The highest BCUT2D eigenvalue weighted by Crippen LogP contribution is 2.47. The van der Waals surface area contributed by atoms with Crippen LogP contribution in [0.1, 0.15) is 35.9 Å². The molecule has 1 aromatic carbocycles. The van der Waals surface area contributed by atoms with Crippen molar-refractivity contribution in [1.82, 2.24) is 15.6 Å². The maximum Gasteiger partial charge on any atom is 0.191 e. The van der Waals surface area contributed by atoms with Crippen LogP contribution >= 0.6 is 35.3 Å².